The molecule has 3 rings (SSSR count). The summed E-state index contributed by atoms with van der Waals surface area (Å²) in [6.07, 6.45) is 1.79. The predicted octanol–water partition coefficient (Wildman–Crippen LogP) is 0.933. The summed E-state index contributed by atoms with van der Waals surface area (Å²) < 4.78 is 27.0. The number of amides is 1. The van der Waals surface area contributed by atoms with Crippen molar-refractivity contribution in [3.05, 3.63) is 29.8 Å². The maximum Gasteiger partial charge on any atom is 0.235 e. The second-order valence-electron chi connectivity index (χ2n) is 6.55. The van der Waals surface area contributed by atoms with E-state index in [4.69, 9.17) is 0 Å². The lowest BCUT2D eigenvalue weighted by Crippen LogP contribution is -2.47. The summed E-state index contributed by atoms with van der Waals surface area (Å²) >= 11 is 0. The summed E-state index contributed by atoms with van der Waals surface area (Å²) in [5.74, 6) is -0.177. The Labute approximate surface area is 144 Å². The molecule has 24 heavy (non-hydrogen) atoms. The fraction of sp³-hybridized carbons (Fsp3) is 0.588. The highest BCUT2D eigenvalue weighted by Crippen LogP contribution is 2.29. The highest BCUT2D eigenvalue weighted by Gasteiger charge is 2.28. The summed E-state index contributed by atoms with van der Waals surface area (Å²) in [7, 11) is -1.44. The number of rotatable bonds is 4. The van der Waals surface area contributed by atoms with Gasteiger partial charge in [0.15, 0.2) is 0 Å². The molecule has 1 fully saturated rings. The van der Waals surface area contributed by atoms with Gasteiger partial charge in [-0.25, -0.2) is 8.42 Å². The van der Waals surface area contributed by atoms with Crippen molar-refractivity contribution in [2.45, 2.75) is 19.3 Å². The number of nitrogens with zero attached hydrogens (tertiary/aromatic N) is 3. The Hall–Kier alpha value is -1.60. The standard InChI is InChI=1S/C17H25N3O3S/c1-18-10-12-19(13-11-18)17(21)8-14-24(22,23)20-9-4-6-15-5-2-3-7-16(15)20/h2-3,5,7H,4,6,8-14H2,1H3. The molecule has 1 saturated heterocycles. The van der Waals surface area contributed by atoms with Crippen LogP contribution in [-0.4, -0.2) is 69.6 Å². The van der Waals surface area contributed by atoms with E-state index in [0.717, 1.165) is 37.2 Å². The van der Waals surface area contributed by atoms with Crippen molar-refractivity contribution in [1.29, 1.82) is 0 Å². The van der Waals surface area contributed by atoms with Crippen LogP contribution in [0.3, 0.4) is 0 Å². The van der Waals surface area contributed by atoms with Crippen LogP contribution in [0, 0.1) is 0 Å². The molecule has 2 aliphatic heterocycles. The van der Waals surface area contributed by atoms with Crippen molar-refractivity contribution in [1.82, 2.24) is 9.80 Å². The number of likely N-dealkylation sites (N-methyl/N-ethyl adjacent to an activating group) is 1. The number of carbonyl (C=O) groups excluding carboxylic acids is 1. The number of benzene rings is 1. The molecule has 0 atom stereocenters. The Bertz CT molecular complexity index is 697. The molecule has 1 aromatic rings. The van der Waals surface area contributed by atoms with Crippen molar-refractivity contribution in [2.75, 3.05) is 49.8 Å². The van der Waals surface area contributed by atoms with Crippen molar-refractivity contribution in [3.8, 4) is 0 Å². The van der Waals surface area contributed by atoms with Crippen LogP contribution in [0.4, 0.5) is 5.69 Å². The fourth-order valence-corrected chi connectivity index (χ4v) is 4.87. The molecule has 1 amide bonds. The fourth-order valence-electron chi connectivity index (χ4n) is 3.33. The van der Waals surface area contributed by atoms with Crippen molar-refractivity contribution < 1.29 is 13.2 Å². The Morgan fingerprint density at radius 1 is 1.08 bits per heavy atom. The third-order valence-corrected chi connectivity index (χ3v) is 6.60. The summed E-state index contributed by atoms with van der Waals surface area (Å²) in [6.45, 7) is 3.56. The highest BCUT2D eigenvalue weighted by molar-refractivity contribution is 7.92. The zero-order valence-corrected chi connectivity index (χ0v) is 15.0. The number of sulfonamides is 1. The second-order valence-corrected chi connectivity index (χ2v) is 8.57. The van der Waals surface area contributed by atoms with E-state index in [1.54, 1.807) is 4.90 Å². The average Bonchev–Trinajstić information content (AvgIpc) is 2.60. The van der Waals surface area contributed by atoms with Gasteiger partial charge < -0.3 is 9.80 Å². The van der Waals surface area contributed by atoms with Crippen molar-refractivity contribution in [2.24, 2.45) is 0 Å². The van der Waals surface area contributed by atoms with Crippen molar-refractivity contribution >= 4 is 21.6 Å². The van der Waals surface area contributed by atoms with E-state index in [1.165, 1.54) is 4.31 Å². The monoisotopic (exact) mass is 351 g/mol. The third kappa shape index (κ3) is 3.72. The summed E-state index contributed by atoms with van der Waals surface area (Å²) in [6, 6.07) is 7.63. The first-order chi connectivity index (χ1) is 11.5. The molecule has 0 radical (unpaired) electrons. The summed E-state index contributed by atoms with van der Waals surface area (Å²) in [4.78, 5) is 16.3. The SMILES string of the molecule is CN1CCN(C(=O)CCS(=O)(=O)N2CCCc3ccccc32)CC1. The molecule has 132 valence electrons. The van der Waals surface area contributed by atoms with Gasteiger partial charge in [-0.1, -0.05) is 18.2 Å². The average molecular weight is 351 g/mol. The molecule has 0 unspecified atom stereocenters. The molecule has 0 aromatic heterocycles. The van der Waals surface area contributed by atoms with Crippen LogP contribution in [0.2, 0.25) is 0 Å². The molecular formula is C17H25N3O3S. The molecule has 0 aliphatic carbocycles. The Morgan fingerprint density at radius 2 is 1.79 bits per heavy atom. The predicted molar refractivity (Wildman–Crippen MR) is 94.6 cm³/mol. The number of carbonyl (C=O) groups is 1. The normalized spacial score (nSPS) is 19.2. The largest absolute Gasteiger partial charge is 0.340 e. The van der Waals surface area contributed by atoms with Crippen LogP contribution in [0.25, 0.3) is 0 Å². The van der Waals surface area contributed by atoms with E-state index in [1.807, 2.05) is 31.3 Å². The highest BCUT2D eigenvalue weighted by atomic mass is 32.2. The van der Waals surface area contributed by atoms with E-state index in [2.05, 4.69) is 4.90 Å². The van der Waals surface area contributed by atoms with Gasteiger partial charge in [-0.2, -0.15) is 0 Å². The lowest BCUT2D eigenvalue weighted by atomic mass is 10.0. The Balaban J connectivity index is 1.64. The Kier molecular flexibility index (Phi) is 5.10. The number of piperazine rings is 1. The van der Waals surface area contributed by atoms with E-state index in [0.29, 0.717) is 19.6 Å². The van der Waals surface area contributed by atoms with E-state index in [-0.39, 0.29) is 18.1 Å². The van der Waals surface area contributed by atoms with Gasteiger partial charge in [0, 0.05) is 39.1 Å². The number of anilines is 1. The number of para-hydroxylation sites is 1. The van der Waals surface area contributed by atoms with Gasteiger partial charge in [0.25, 0.3) is 0 Å². The minimum Gasteiger partial charge on any atom is -0.340 e. The zero-order chi connectivity index (χ0) is 17.2. The molecule has 2 aliphatic rings. The van der Waals surface area contributed by atoms with E-state index >= 15 is 0 Å². The minimum absolute atomic E-state index is 0.0584. The number of hydrogen-bond donors (Lipinski definition) is 0. The molecule has 0 N–H and O–H groups in total. The van der Waals surface area contributed by atoms with E-state index < -0.39 is 10.0 Å². The van der Waals surface area contributed by atoms with Crippen LogP contribution in [-0.2, 0) is 21.2 Å². The second kappa shape index (κ2) is 7.11. The number of fused-ring (bicyclic) bond motifs is 1. The smallest absolute Gasteiger partial charge is 0.235 e. The van der Waals surface area contributed by atoms with Crippen LogP contribution in [0.1, 0.15) is 18.4 Å². The molecule has 7 heteroatoms. The molecule has 1 aromatic carbocycles. The van der Waals surface area contributed by atoms with Gasteiger partial charge in [-0.05, 0) is 31.5 Å². The molecular weight excluding hydrogens is 326 g/mol. The Morgan fingerprint density at radius 3 is 2.54 bits per heavy atom. The molecule has 0 bridgehead atoms. The third-order valence-electron chi connectivity index (χ3n) is 4.83. The summed E-state index contributed by atoms with van der Waals surface area (Å²) in [5.41, 5.74) is 1.84. The van der Waals surface area contributed by atoms with Gasteiger partial charge >= 0.3 is 0 Å². The van der Waals surface area contributed by atoms with Crippen LogP contribution in [0.15, 0.2) is 24.3 Å². The lowest BCUT2D eigenvalue weighted by molar-refractivity contribution is -0.132. The first kappa shape index (κ1) is 17.2. The van der Waals surface area contributed by atoms with Crippen LogP contribution >= 0.6 is 0 Å². The maximum atomic E-state index is 12.7. The molecule has 6 nitrogen and oxygen atoms in total. The zero-order valence-electron chi connectivity index (χ0n) is 14.1. The molecule has 0 saturated carbocycles. The van der Waals surface area contributed by atoms with Gasteiger partial charge in [0.1, 0.15) is 0 Å². The first-order valence-electron chi connectivity index (χ1n) is 8.52. The van der Waals surface area contributed by atoms with Gasteiger partial charge in [-0.15, -0.1) is 0 Å². The van der Waals surface area contributed by atoms with Gasteiger partial charge in [0.05, 0.1) is 11.4 Å². The van der Waals surface area contributed by atoms with Crippen LogP contribution < -0.4 is 4.31 Å². The molecule has 0 spiro atoms. The topological polar surface area (TPSA) is 60.9 Å². The van der Waals surface area contributed by atoms with Crippen LogP contribution in [0.5, 0.6) is 0 Å². The van der Waals surface area contributed by atoms with E-state index in [9.17, 15) is 13.2 Å². The number of hydrogen-bond acceptors (Lipinski definition) is 4. The van der Waals surface area contributed by atoms with Crippen molar-refractivity contribution in [3.63, 3.8) is 0 Å². The number of aryl methyl sites for hydroxylation is 1. The first-order valence-corrected chi connectivity index (χ1v) is 10.1. The van der Waals surface area contributed by atoms with Gasteiger partial charge in [-0.3, -0.25) is 9.10 Å². The summed E-state index contributed by atoms with van der Waals surface area (Å²) in [5, 5.41) is 0. The quantitative estimate of drug-likeness (QED) is 0.810. The van der Waals surface area contributed by atoms with Gasteiger partial charge in [0.2, 0.25) is 15.9 Å². The lowest BCUT2D eigenvalue weighted by Gasteiger charge is -2.33. The molecule has 2 heterocycles. The minimum atomic E-state index is -3.47. The maximum absolute atomic E-state index is 12.7.